The second-order valence-corrected chi connectivity index (χ2v) is 3.66. The number of rotatable bonds is 0. The Morgan fingerprint density at radius 1 is 1.57 bits per heavy atom. The van der Waals surface area contributed by atoms with Crippen molar-refractivity contribution in [2.24, 2.45) is 0 Å². The molecule has 1 aliphatic rings. The van der Waals surface area contributed by atoms with Gasteiger partial charge in [-0.15, -0.1) is 0 Å². The van der Waals surface area contributed by atoms with Crippen LogP contribution in [0.2, 0.25) is 0 Å². The molecule has 1 aromatic rings. The first-order chi connectivity index (χ1) is 6.74. The van der Waals surface area contributed by atoms with E-state index in [0.29, 0.717) is 5.82 Å². The van der Waals surface area contributed by atoms with Gasteiger partial charge in [-0.2, -0.15) is 5.10 Å². The van der Waals surface area contributed by atoms with E-state index in [1.807, 2.05) is 6.92 Å². The quantitative estimate of drug-likeness (QED) is 0.650. The summed E-state index contributed by atoms with van der Waals surface area (Å²) in [7, 11) is 2.10. The van der Waals surface area contributed by atoms with Crippen molar-refractivity contribution < 1.29 is 0 Å². The summed E-state index contributed by atoms with van der Waals surface area (Å²) >= 11 is 0. The minimum atomic E-state index is 0.648. The van der Waals surface area contributed by atoms with Crippen LogP contribution in [0.25, 0.3) is 5.70 Å². The molecule has 2 rings (SSSR count). The van der Waals surface area contributed by atoms with E-state index in [2.05, 4.69) is 28.2 Å². The maximum Gasteiger partial charge on any atom is 0.149 e. The molecule has 4 nitrogen and oxygen atoms in total. The number of nitrogen functional groups attached to an aromatic ring is 1. The lowest BCUT2D eigenvalue weighted by Gasteiger charge is -2.18. The molecule has 0 amide bonds. The van der Waals surface area contributed by atoms with Crippen LogP contribution in [0.15, 0.2) is 6.08 Å². The third-order valence-electron chi connectivity index (χ3n) is 2.76. The normalized spacial score (nSPS) is 19.6. The summed E-state index contributed by atoms with van der Waals surface area (Å²) in [6.07, 6.45) is 4.24. The van der Waals surface area contributed by atoms with E-state index < -0.39 is 0 Å². The number of anilines is 1. The minimum absolute atomic E-state index is 0.648. The first-order valence-corrected chi connectivity index (χ1v) is 4.94. The molecule has 0 bridgehead atoms. The van der Waals surface area contributed by atoms with Gasteiger partial charge in [0.1, 0.15) is 5.82 Å². The molecule has 2 heterocycles. The van der Waals surface area contributed by atoms with Crippen LogP contribution in [0.5, 0.6) is 0 Å². The molecule has 14 heavy (non-hydrogen) atoms. The Morgan fingerprint density at radius 3 is 3.07 bits per heavy atom. The van der Waals surface area contributed by atoms with Crippen LogP contribution in [0.3, 0.4) is 0 Å². The van der Waals surface area contributed by atoms with Crippen molar-refractivity contribution in [3.63, 3.8) is 0 Å². The van der Waals surface area contributed by atoms with Crippen molar-refractivity contribution in [2.45, 2.75) is 19.8 Å². The van der Waals surface area contributed by atoms with Crippen molar-refractivity contribution in [1.82, 2.24) is 15.1 Å². The lowest BCUT2D eigenvalue weighted by molar-refractivity contribution is 0.473. The van der Waals surface area contributed by atoms with Gasteiger partial charge >= 0.3 is 0 Å². The average molecular weight is 192 g/mol. The van der Waals surface area contributed by atoms with Gasteiger partial charge in [0.2, 0.25) is 0 Å². The van der Waals surface area contributed by atoms with Crippen molar-refractivity contribution >= 4 is 11.5 Å². The van der Waals surface area contributed by atoms with Gasteiger partial charge in [0.05, 0.1) is 11.4 Å². The number of H-pyrrole nitrogens is 1. The van der Waals surface area contributed by atoms with Gasteiger partial charge in [0.25, 0.3) is 0 Å². The van der Waals surface area contributed by atoms with Crippen LogP contribution in [-0.4, -0.2) is 28.7 Å². The third-order valence-corrected chi connectivity index (χ3v) is 2.76. The van der Waals surface area contributed by atoms with Gasteiger partial charge in [-0.25, -0.2) is 0 Å². The maximum absolute atomic E-state index is 5.81. The molecule has 0 unspecified atom stereocenters. The predicted molar refractivity (Wildman–Crippen MR) is 57.6 cm³/mol. The predicted octanol–water partition coefficient (Wildman–Crippen LogP) is 1.23. The summed E-state index contributed by atoms with van der Waals surface area (Å²) in [5.74, 6) is 0.648. The van der Waals surface area contributed by atoms with E-state index in [4.69, 9.17) is 5.73 Å². The zero-order chi connectivity index (χ0) is 10.1. The maximum atomic E-state index is 5.81. The molecule has 3 N–H and O–H groups in total. The highest BCUT2D eigenvalue weighted by Gasteiger charge is 2.19. The zero-order valence-electron chi connectivity index (χ0n) is 8.67. The fraction of sp³-hybridized carbons (Fsp3) is 0.500. The number of nitrogens with zero attached hydrogens (tertiary/aromatic N) is 2. The number of aromatic amines is 1. The molecule has 1 aliphatic heterocycles. The Labute approximate surface area is 83.8 Å². The first-order valence-electron chi connectivity index (χ1n) is 4.94. The van der Waals surface area contributed by atoms with Crippen LogP contribution in [0.4, 0.5) is 5.82 Å². The third kappa shape index (κ3) is 1.27. The highest BCUT2D eigenvalue weighted by Crippen LogP contribution is 2.27. The Kier molecular flexibility index (Phi) is 2.19. The van der Waals surface area contributed by atoms with Crippen LogP contribution < -0.4 is 5.73 Å². The smallest absolute Gasteiger partial charge is 0.149 e. The summed E-state index contributed by atoms with van der Waals surface area (Å²) in [6, 6.07) is 0. The van der Waals surface area contributed by atoms with Crippen LogP contribution in [-0.2, 0) is 6.42 Å². The summed E-state index contributed by atoms with van der Waals surface area (Å²) in [6.45, 7) is 3.11. The van der Waals surface area contributed by atoms with Crippen molar-refractivity contribution in [3.8, 4) is 0 Å². The van der Waals surface area contributed by atoms with Crippen LogP contribution in [0.1, 0.15) is 24.6 Å². The molecule has 0 spiro atoms. The fourth-order valence-corrected chi connectivity index (χ4v) is 2.01. The van der Waals surface area contributed by atoms with Crippen LogP contribution in [0, 0.1) is 0 Å². The summed E-state index contributed by atoms with van der Waals surface area (Å²) < 4.78 is 0. The molecule has 0 atom stereocenters. The topological polar surface area (TPSA) is 57.9 Å². The molecule has 0 aliphatic carbocycles. The molecule has 0 radical (unpaired) electrons. The lowest BCUT2D eigenvalue weighted by Crippen LogP contribution is -2.16. The highest BCUT2D eigenvalue weighted by atomic mass is 15.2. The molecule has 76 valence electrons. The largest absolute Gasteiger partial charge is 0.382 e. The van der Waals surface area contributed by atoms with E-state index in [1.54, 1.807) is 0 Å². The molecule has 0 fully saturated rings. The van der Waals surface area contributed by atoms with Gasteiger partial charge < -0.3 is 10.6 Å². The summed E-state index contributed by atoms with van der Waals surface area (Å²) in [5, 5.41) is 7.07. The molecule has 4 heteroatoms. The molecular formula is C10H16N4. The standard InChI is InChI=1S/C10H16N4/c1-3-8-9-7(10(11)13-12-9)5-4-6-14(8)2/h3H,4-6H2,1-2H3,(H3,11,12,13). The molecule has 0 saturated carbocycles. The average Bonchev–Trinajstić information content (AvgIpc) is 2.45. The van der Waals surface area contributed by atoms with Gasteiger partial charge in [0.15, 0.2) is 0 Å². The van der Waals surface area contributed by atoms with E-state index in [0.717, 1.165) is 25.1 Å². The zero-order valence-corrected chi connectivity index (χ0v) is 8.67. The number of fused-ring (bicyclic) bond motifs is 1. The number of allylic oxidation sites excluding steroid dienone is 1. The van der Waals surface area contributed by atoms with E-state index in [9.17, 15) is 0 Å². The number of hydrogen-bond acceptors (Lipinski definition) is 3. The molecule has 1 aromatic heterocycles. The summed E-state index contributed by atoms with van der Waals surface area (Å²) in [4.78, 5) is 2.24. The van der Waals surface area contributed by atoms with Gasteiger partial charge in [-0.3, -0.25) is 5.10 Å². The molecule has 0 saturated heterocycles. The molecule has 0 aromatic carbocycles. The van der Waals surface area contributed by atoms with Crippen LogP contribution >= 0.6 is 0 Å². The minimum Gasteiger partial charge on any atom is -0.382 e. The second kappa shape index (κ2) is 3.36. The van der Waals surface area contributed by atoms with Crippen molar-refractivity contribution in [2.75, 3.05) is 19.3 Å². The Bertz CT molecular complexity index is 364. The second-order valence-electron chi connectivity index (χ2n) is 3.66. The number of aromatic nitrogens is 2. The van der Waals surface area contributed by atoms with Crippen molar-refractivity contribution in [1.29, 1.82) is 0 Å². The Balaban J connectivity index is 2.51. The molecular weight excluding hydrogens is 176 g/mol. The number of hydrogen-bond donors (Lipinski definition) is 2. The summed E-state index contributed by atoms with van der Waals surface area (Å²) in [5.41, 5.74) is 9.26. The van der Waals surface area contributed by atoms with E-state index in [1.165, 1.54) is 11.3 Å². The van der Waals surface area contributed by atoms with Gasteiger partial charge in [-0.1, -0.05) is 6.08 Å². The fourth-order valence-electron chi connectivity index (χ4n) is 2.01. The van der Waals surface area contributed by atoms with Gasteiger partial charge in [0, 0.05) is 19.2 Å². The first kappa shape index (κ1) is 9.12. The number of nitrogens with one attached hydrogen (secondary N) is 1. The Hall–Kier alpha value is -1.45. The van der Waals surface area contributed by atoms with E-state index >= 15 is 0 Å². The van der Waals surface area contributed by atoms with E-state index in [-0.39, 0.29) is 0 Å². The number of nitrogens with two attached hydrogens (primary N) is 1. The van der Waals surface area contributed by atoms with Gasteiger partial charge in [-0.05, 0) is 19.8 Å². The van der Waals surface area contributed by atoms with Crippen molar-refractivity contribution in [3.05, 3.63) is 17.3 Å². The monoisotopic (exact) mass is 192 g/mol. The Morgan fingerprint density at radius 2 is 2.36 bits per heavy atom. The highest BCUT2D eigenvalue weighted by molar-refractivity contribution is 5.67. The SMILES string of the molecule is CC=C1c2[nH]nc(N)c2CCCN1C. The lowest BCUT2D eigenvalue weighted by atomic mass is 10.1.